The van der Waals surface area contributed by atoms with Gasteiger partial charge in [-0.3, -0.25) is 10.1 Å². The number of hydrogen-bond donors (Lipinski definition) is 1. The molecule has 0 atom stereocenters. The van der Waals surface area contributed by atoms with E-state index in [0.29, 0.717) is 6.54 Å². The molecule has 0 spiro atoms. The van der Waals surface area contributed by atoms with Crippen LogP contribution in [0.15, 0.2) is 42.5 Å². The maximum Gasteiger partial charge on any atom is 0.269 e. The summed E-state index contributed by atoms with van der Waals surface area (Å²) < 4.78 is 0. The molecule has 1 N–H and O–H groups in total. The van der Waals surface area contributed by atoms with E-state index in [1.165, 1.54) is 28.8 Å². The largest absolute Gasteiger partial charge is 0.309 e. The van der Waals surface area contributed by atoms with E-state index < -0.39 is 0 Å². The summed E-state index contributed by atoms with van der Waals surface area (Å²) in [5.74, 6) is 0. The number of nitro groups is 1. The Balaban J connectivity index is 1.91. The van der Waals surface area contributed by atoms with Crippen molar-refractivity contribution in [3.05, 3.63) is 74.8 Å². The average molecular weight is 270 g/mol. The van der Waals surface area contributed by atoms with Crippen molar-refractivity contribution in [2.24, 2.45) is 0 Å². The Labute approximate surface area is 118 Å². The lowest BCUT2D eigenvalue weighted by Gasteiger charge is -2.08. The monoisotopic (exact) mass is 270 g/mol. The quantitative estimate of drug-likeness (QED) is 0.668. The molecule has 0 aromatic heterocycles. The van der Waals surface area contributed by atoms with E-state index in [-0.39, 0.29) is 10.6 Å². The Hall–Kier alpha value is -2.20. The van der Waals surface area contributed by atoms with Gasteiger partial charge in [0.15, 0.2) is 0 Å². The Morgan fingerprint density at radius 1 is 1.05 bits per heavy atom. The average Bonchev–Trinajstić information content (AvgIpc) is 2.42. The van der Waals surface area contributed by atoms with Crippen molar-refractivity contribution in [2.45, 2.75) is 26.9 Å². The molecule has 0 unspecified atom stereocenters. The summed E-state index contributed by atoms with van der Waals surface area (Å²) >= 11 is 0. The zero-order valence-electron chi connectivity index (χ0n) is 11.7. The first-order chi connectivity index (χ1) is 9.56. The maximum atomic E-state index is 10.6. The summed E-state index contributed by atoms with van der Waals surface area (Å²) in [4.78, 5) is 10.2. The van der Waals surface area contributed by atoms with Crippen LogP contribution in [-0.4, -0.2) is 4.92 Å². The van der Waals surface area contributed by atoms with E-state index in [2.05, 4.69) is 37.4 Å². The normalized spacial score (nSPS) is 10.5. The van der Waals surface area contributed by atoms with Crippen LogP contribution >= 0.6 is 0 Å². The molecule has 2 aromatic carbocycles. The molecule has 0 aliphatic carbocycles. The molecule has 0 saturated heterocycles. The first-order valence-corrected chi connectivity index (χ1v) is 6.56. The van der Waals surface area contributed by atoms with Gasteiger partial charge in [-0.2, -0.15) is 0 Å². The number of nitro benzene ring substituents is 1. The van der Waals surface area contributed by atoms with Gasteiger partial charge in [0.2, 0.25) is 0 Å². The number of benzene rings is 2. The van der Waals surface area contributed by atoms with Gasteiger partial charge in [-0.25, -0.2) is 0 Å². The highest BCUT2D eigenvalue weighted by Crippen LogP contribution is 2.13. The van der Waals surface area contributed by atoms with Crippen LogP contribution in [0.2, 0.25) is 0 Å². The molecule has 4 heteroatoms. The highest BCUT2D eigenvalue weighted by molar-refractivity contribution is 5.33. The Morgan fingerprint density at radius 2 is 1.75 bits per heavy atom. The first kappa shape index (κ1) is 14.2. The smallest absolute Gasteiger partial charge is 0.269 e. The van der Waals surface area contributed by atoms with Crippen LogP contribution in [0.1, 0.15) is 22.3 Å². The van der Waals surface area contributed by atoms with Gasteiger partial charge in [-0.05, 0) is 30.5 Å². The molecule has 0 radical (unpaired) electrons. The molecule has 0 fully saturated rings. The van der Waals surface area contributed by atoms with E-state index in [1.54, 1.807) is 12.1 Å². The fourth-order valence-electron chi connectivity index (χ4n) is 2.12. The molecule has 0 aliphatic rings. The van der Waals surface area contributed by atoms with E-state index in [0.717, 1.165) is 12.1 Å². The van der Waals surface area contributed by atoms with Crippen LogP contribution in [0.3, 0.4) is 0 Å². The van der Waals surface area contributed by atoms with Crippen molar-refractivity contribution in [2.75, 3.05) is 0 Å². The number of nitrogens with zero attached hydrogens (tertiary/aromatic N) is 1. The van der Waals surface area contributed by atoms with Crippen molar-refractivity contribution < 1.29 is 4.92 Å². The highest BCUT2D eigenvalue weighted by Gasteiger charge is 2.04. The molecular weight excluding hydrogens is 252 g/mol. The lowest BCUT2D eigenvalue weighted by molar-refractivity contribution is -0.384. The summed E-state index contributed by atoms with van der Waals surface area (Å²) in [5.41, 5.74) is 4.99. The van der Waals surface area contributed by atoms with Crippen LogP contribution in [-0.2, 0) is 13.1 Å². The standard InChI is InChI=1S/C16H18N2O2/c1-12-3-6-15(13(2)9-12)11-17-10-14-4-7-16(8-5-14)18(19)20/h3-9,17H,10-11H2,1-2H3. The lowest BCUT2D eigenvalue weighted by Crippen LogP contribution is -2.13. The topological polar surface area (TPSA) is 55.2 Å². The van der Waals surface area contributed by atoms with E-state index >= 15 is 0 Å². The summed E-state index contributed by atoms with van der Waals surface area (Å²) in [7, 11) is 0. The Bertz CT molecular complexity index is 606. The van der Waals surface area contributed by atoms with Crippen molar-refractivity contribution in [1.82, 2.24) is 5.32 Å². The summed E-state index contributed by atoms with van der Waals surface area (Å²) in [5, 5.41) is 13.9. The molecule has 20 heavy (non-hydrogen) atoms. The molecule has 0 saturated carbocycles. The summed E-state index contributed by atoms with van der Waals surface area (Å²) in [6.07, 6.45) is 0. The zero-order valence-corrected chi connectivity index (χ0v) is 11.7. The molecule has 0 bridgehead atoms. The summed E-state index contributed by atoms with van der Waals surface area (Å²) in [6.45, 7) is 5.69. The Morgan fingerprint density at radius 3 is 2.35 bits per heavy atom. The van der Waals surface area contributed by atoms with Gasteiger partial charge in [0, 0.05) is 25.2 Å². The lowest BCUT2D eigenvalue weighted by atomic mass is 10.1. The SMILES string of the molecule is Cc1ccc(CNCc2ccc([N+](=O)[O-])cc2)c(C)c1. The molecule has 0 amide bonds. The third-order valence-electron chi connectivity index (χ3n) is 3.29. The molecular formula is C16H18N2O2. The van der Waals surface area contributed by atoms with Crippen molar-refractivity contribution in [3.8, 4) is 0 Å². The third-order valence-corrected chi connectivity index (χ3v) is 3.29. The molecule has 0 heterocycles. The van der Waals surface area contributed by atoms with Crippen LogP contribution < -0.4 is 5.32 Å². The van der Waals surface area contributed by atoms with Gasteiger partial charge in [0.05, 0.1) is 4.92 Å². The van der Waals surface area contributed by atoms with Crippen molar-refractivity contribution in [1.29, 1.82) is 0 Å². The van der Waals surface area contributed by atoms with E-state index in [1.807, 2.05) is 0 Å². The second-order valence-corrected chi connectivity index (χ2v) is 4.96. The highest BCUT2D eigenvalue weighted by atomic mass is 16.6. The van der Waals surface area contributed by atoms with Crippen molar-refractivity contribution >= 4 is 5.69 Å². The molecule has 4 nitrogen and oxygen atoms in total. The third kappa shape index (κ3) is 3.65. The minimum atomic E-state index is -0.382. The predicted octanol–water partition coefficient (Wildman–Crippen LogP) is 3.50. The molecule has 2 rings (SSSR count). The summed E-state index contributed by atoms with van der Waals surface area (Å²) in [6, 6.07) is 13.1. The van der Waals surface area contributed by atoms with Gasteiger partial charge < -0.3 is 5.32 Å². The first-order valence-electron chi connectivity index (χ1n) is 6.56. The van der Waals surface area contributed by atoms with Gasteiger partial charge in [0.1, 0.15) is 0 Å². The molecule has 2 aromatic rings. The number of hydrogen-bond acceptors (Lipinski definition) is 3. The maximum absolute atomic E-state index is 10.6. The van der Waals surface area contributed by atoms with Crippen molar-refractivity contribution in [3.63, 3.8) is 0 Å². The number of rotatable bonds is 5. The van der Waals surface area contributed by atoms with Crippen LogP contribution in [0, 0.1) is 24.0 Å². The Kier molecular flexibility index (Phi) is 4.48. The van der Waals surface area contributed by atoms with Gasteiger partial charge in [0.25, 0.3) is 5.69 Å². The van der Waals surface area contributed by atoms with E-state index in [4.69, 9.17) is 0 Å². The number of non-ortho nitro benzene ring substituents is 1. The number of aryl methyl sites for hydroxylation is 2. The molecule has 104 valence electrons. The fraction of sp³-hybridized carbons (Fsp3) is 0.250. The van der Waals surface area contributed by atoms with Gasteiger partial charge >= 0.3 is 0 Å². The second-order valence-electron chi connectivity index (χ2n) is 4.96. The number of nitrogens with one attached hydrogen (secondary N) is 1. The van der Waals surface area contributed by atoms with Crippen LogP contribution in [0.25, 0.3) is 0 Å². The van der Waals surface area contributed by atoms with Gasteiger partial charge in [-0.15, -0.1) is 0 Å². The minimum Gasteiger partial charge on any atom is -0.309 e. The van der Waals surface area contributed by atoms with Crippen LogP contribution in [0.5, 0.6) is 0 Å². The molecule has 0 aliphatic heterocycles. The minimum absolute atomic E-state index is 0.128. The zero-order chi connectivity index (χ0) is 14.5. The van der Waals surface area contributed by atoms with Gasteiger partial charge in [-0.1, -0.05) is 35.9 Å². The second kappa shape index (κ2) is 6.30. The fourth-order valence-corrected chi connectivity index (χ4v) is 2.12. The van der Waals surface area contributed by atoms with E-state index in [9.17, 15) is 10.1 Å². The predicted molar refractivity (Wildman–Crippen MR) is 79.6 cm³/mol. The van der Waals surface area contributed by atoms with Crippen LogP contribution in [0.4, 0.5) is 5.69 Å².